The molecule has 142 valence electrons. The molecule has 6 heteroatoms. The van der Waals surface area contributed by atoms with Crippen LogP contribution >= 0.6 is 11.8 Å². The molecule has 2 rings (SSSR count). The average Bonchev–Trinajstić information content (AvgIpc) is 2.59. The molecule has 0 unspecified atom stereocenters. The molecule has 26 heavy (non-hydrogen) atoms. The number of benzene rings is 1. The summed E-state index contributed by atoms with van der Waals surface area (Å²) in [6.07, 6.45) is 3.29. The fraction of sp³-hybridized carbons (Fsp3) is 0.550. The number of thioether (sulfide) groups is 1. The van der Waals surface area contributed by atoms with E-state index in [2.05, 4.69) is 24.1 Å². The van der Waals surface area contributed by atoms with Gasteiger partial charge in [0.2, 0.25) is 5.91 Å². The molecule has 1 heterocycles. The molecule has 5 nitrogen and oxygen atoms in total. The lowest BCUT2D eigenvalue weighted by atomic mass is 10.0. The lowest BCUT2D eigenvalue weighted by molar-refractivity contribution is -0.119. The fourth-order valence-electron chi connectivity index (χ4n) is 2.89. The van der Waals surface area contributed by atoms with Crippen molar-refractivity contribution in [2.45, 2.75) is 64.7 Å². The van der Waals surface area contributed by atoms with Crippen molar-refractivity contribution < 1.29 is 4.79 Å². The SMILES string of the molecule is CCn1c(SCC(=O)N[C@@H](C)CCCC(C)C)nc2ccccc2c1=O. The van der Waals surface area contributed by atoms with Gasteiger partial charge in [-0.05, 0) is 38.3 Å². The predicted molar refractivity (Wildman–Crippen MR) is 109 cm³/mol. The second-order valence-electron chi connectivity index (χ2n) is 7.04. The Bertz CT molecular complexity index is 801. The minimum Gasteiger partial charge on any atom is -0.353 e. The van der Waals surface area contributed by atoms with Crippen LogP contribution in [0.25, 0.3) is 10.9 Å². The van der Waals surface area contributed by atoms with Gasteiger partial charge in [0.05, 0.1) is 16.7 Å². The largest absolute Gasteiger partial charge is 0.353 e. The van der Waals surface area contributed by atoms with E-state index in [4.69, 9.17) is 0 Å². The maximum absolute atomic E-state index is 12.6. The first kappa shape index (κ1) is 20.5. The van der Waals surface area contributed by atoms with E-state index in [1.165, 1.54) is 18.2 Å². The molecule has 0 fully saturated rings. The van der Waals surface area contributed by atoms with Gasteiger partial charge < -0.3 is 5.32 Å². The first-order valence-electron chi connectivity index (χ1n) is 9.34. The summed E-state index contributed by atoms with van der Waals surface area (Å²) in [6.45, 7) is 8.91. The van der Waals surface area contributed by atoms with Crippen LogP contribution in [-0.4, -0.2) is 27.3 Å². The van der Waals surface area contributed by atoms with Crippen molar-refractivity contribution in [3.63, 3.8) is 0 Å². The Hall–Kier alpha value is -1.82. The fourth-order valence-corrected chi connectivity index (χ4v) is 3.76. The van der Waals surface area contributed by atoms with Gasteiger partial charge in [0.15, 0.2) is 5.16 Å². The molecule has 0 bridgehead atoms. The smallest absolute Gasteiger partial charge is 0.262 e. The van der Waals surface area contributed by atoms with E-state index in [-0.39, 0.29) is 23.3 Å². The lowest BCUT2D eigenvalue weighted by Gasteiger charge is -2.15. The standard InChI is InChI=1S/C20H29N3O2S/c1-5-23-19(25)16-11-6-7-12-17(16)22-20(23)26-13-18(24)21-15(4)10-8-9-14(2)3/h6-7,11-12,14-15H,5,8-10,13H2,1-4H3,(H,21,24)/t15-/m0/s1. The molecular formula is C20H29N3O2S. The molecule has 0 aliphatic heterocycles. The van der Waals surface area contributed by atoms with Gasteiger partial charge in [-0.25, -0.2) is 4.98 Å². The quantitative estimate of drug-likeness (QED) is 0.534. The minimum absolute atomic E-state index is 0.0166. The van der Waals surface area contributed by atoms with Gasteiger partial charge in [-0.3, -0.25) is 14.2 Å². The number of aromatic nitrogens is 2. The summed E-state index contributed by atoms with van der Waals surface area (Å²) in [5.74, 6) is 0.939. The van der Waals surface area contributed by atoms with Crippen LogP contribution in [0.15, 0.2) is 34.2 Å². The van der Waals surface area contributed by atoms with Crippen LogP contribution in [0.2, 0.25) is 0 Å². The maximum Gasteiger partial charge on any atom is 0.262 e. The number of para-hydroxylation sites is 1. The molecule has 1 atom stereocenters. The Morgan fingerprint density at radius 1 is 1.23 bits per heavy atom. The number of carbonyl (C=O) groups is 1. The van der Waals surface area contributed by atoms with Crippen molar-refractivity contribution in [3.8, 4) is 0 Å². The summed E-state index contributed by atoms with van der Waals surface area (Å²) in [4.78, 5) is 29.4. The van der Waals surface area contributed by atoms with Gasteiger partial charge in [-0.15, -0.1) is 0 Å². The zero-order valence-corrected chi connectivity index (χ0v) is 16.9. The van der Waals surface area contributed by atoms with Crippen molar-refractivity contribution in [2.75, 3.05) is 5.75 Å². The summed E-state index contributed by atoms with van der Waals surface area (Å²) >= 11 is 1.32. The van der Waals surface area contributed by atoms with E-state index in [1.54, 1.807) is 10.6 Å². The van der Waals surface area contributed by atoms with E-state index in [0.29, 0.717) is 28.5 Å². The second kappa shape index (κ2) is 9.76. The van der Waals surface area contributed by atoms with Crippen molar-refractivity contribution >= 4 is 28.6 Å². The monoisotopic (exact) mass is 375 g/mol. The maximum atomic E-state index is 12.6. The average molecular weight is 376 g/mol. The van der Waals surface area contributed by atoms with Crippen LogP contribution in [0.3, 0.4) is 0 Å². The van der Waals surface area contributed by atoms with Crippen molar-refractivity contribution in [1.29, 1.82) is 0 Å². The molecule has 0 saturated carbocycles. The molecule has 0 radical (unpaired) electrons. The zero-order chi connectivity index (χ0) is 19.1. The number of rotatable bonds is 9. The van der Waals surface area contributed by atoms with E-state index in [0.717, 1.165) is 12.8 Å². The van der Waals surface area contributed by atoms with Gasteiger partial charge in [0.25, 0.3) is 5.56 Å². The Kier molecular flexibility index (Phi) is 7.69. The molecule has 1 amide bonds. The summed E-state index contributed by atoms with van der Waals surface area (Å²) in [5, 5.41) is 4.25. The van der Waals surface area contributed by atoms with Crippen LogP contribution < -0.4 is 10.9 Å². The van der Waals surface area contributed by atoms with Crippen LogP contribution in [0.1, 0.15) is 47.0 Å². The van der Waals surface area contributed by atoms with Gasteiger partial charge in [0.1, 0.15) is 0 Å². The Labute approximate surface area is 159 Å². The highest BCUT2D eigenvalue weighted by atomic mass is 32.2. The third-order valence-electron chi connectivity index (χ3n) is 4.30. The molecule has 1 N–H and O–H groups in total. The van der Waals surface area contributed by atoms with Crippen LogP contribution in [0.5, 0.6) is 0 Å². The molecule has 0 saturated heterocycles. The van der Waals surface area contributed by atoms with Crippen molar-refractivity contribution in [3.05, 3.63) is 34.6 Å². The predicted octanol–water partition coefficient (Wildman–Crippen LogP) is 3.84. The molecule has 2 aromatic rings. The van der Waals surface area contributed by atoms with Crippen molar-refractivity contribution in [1.82, 2.24) is 14.9 Å². The molecule has 0 aliphatic carbocycles. The third-order valence-corrected chi connectivity index (χ3v) is 5.28. The van der Waals surface area contributed by atoms with Crippen molar-refractivity contribution in [2.24, 2.45) is 5.92 Å². The molecule has 0 aliphatic rings. The Balaban J connectivity index is 1.98. The Morgan fingerprint density at radius 3 is 2.65 bits per heavy atom. The number of amides is 1. The number of nitrogens with one attached hydrogen (secondary N) is 1. The van der Waals surface area contributed by atoms with Crippen LogP contribution in [0.4, 0.5) is 0 Å². The van der Waals surface area contributed by atoms with Gasteiger partial charge >= 0.3 is 0 Å². The van der Waals surface area contributed by atoms with Gasteiger partial charge in [0, 0.05) is 12.6 Å². The number of fused-ring (bicyclic) bond motifs is 1. The number of carbonyl (C=O) groups excluding carboxylic acids is 1. The van der Waals surface area contributed by atoms with E-state index in [9.17, 15) is 9.59 Å². The highest BCUT2D eigenvalue weighted by Crippen LogP contribution is 2.17. The molecule has 1 aromatic carbocycles. The number of hydrogen-bond acceptors (Lipinski definition) is 4. The molecular weight excluding hydrogens is 346 g/mol. The van der Waals surface area contributed by atoms with Gasteiger partial charge in [-0.1, -0.05) is 50.6 Å². The zero-order valence-electron chi connectivity index (χ0n) is 16.1. The van der Waals surface area contributed by atoms with Gasteiger partial charge in [-0.2, -0.15) is 0 Å². The minimum atomic E-state index is -0.0527. The highest BCUT2D eigenvalue weighted by molar-refractivity contribution is 7.99. The Morgan fingerprint density at radius 2 is 1.96 bits per heavy atom. The molecule has 1 aromatic heterocycles. The summed E-state index contributed by atoms with van der Waals surface area (Å²) in [5.41, 5.74) is 0.621. The second-order valence-corrected chi connectivity index (χ2v) is 7.99. The summed E-state index contributed by atoms with van der Waals surface area (Å²) in [6, 6.07) is 7.49. The van der Waals surface area contributed by atoms with E-state index in [1.807, 2.05) is 32.0 Å². The first-order chi connectivity index (χ1) is 12.4. The van der Waals surface area contributed by atoms with E-state index < -0.39 is 0 Å². The molecule has 0 spiro atoms. The normalized spacial score (nSPS) is 12.5. The topological polar surface area (TPSA) is 64.0 Å². The third kappa shape index (κ3) is 5.59. The lowest BCUT2D eigenvalue weighted by Crippen LogP contribution is -2.34. The van der Waals surface area contributed by atoms with Crippen LogP contribution in [-0.2, 0) is 11.3 Å². The number of hydrogen-bond donors (Lipinski definition) is 1. The first-order valence-corrected chi connectivity index (χ1v) is 10.3. The summed E-state index contributed by atoms with van der Waals surface area (Å²) in [7, 11) is 0. The van der Waals surface area contributed by atoms with E-state index >= 15 is 0 Å². The number of nitrogens with zero attached hydrogens (tertiary/aromatic N) is 2. The summed E-state index contributed by atoms with van der Waals surface area (Å²) < 4.78 is 1.63. The highest BCUT2D eigenvalue weighted by Gasteiger charge is 2.13. The van der Waals surface area contributed by atoms with Crippen LogP contribution in [0, 0.1) is 5.92 Å².